The Morgan fingerprint density at radius 1 is 0.861 bits per heavy atom. The Morgan fingerprint density at radius 3 is 2.22 bits per heavy atom. The highest BCUT2D eigenvalue weighted by molar-refractivity contribution is 7.89. The smallest absolute Gasteiger partial charge is 0.244 e. The van der Waals surface area contributed by atoms with E-state index in [2.05, 4.69) is 4.72 Å². The van der Waals surface area contributed by atoms with Crippen LogP contribution in [-0.2, 0) is 22.5 Å². The number of halogens is 6. The van der Waals surface area contributed by atoms with E-state index in [1.807, 2.05) is 18.2 Å². The number of hydrogen-bond donors (Lipinski definition) is 1. The summed E-state index contributed by atoms with van der Waals surface area (Å²) in [7, 11) is -4.16. The number of nitrogens with one attached hydrogen (secondary N) is 1. The van der Waals surface area contributed by atoms with Crippen LogP contribution in [0.4, 0.5) is 13.2 Å². The maximum absolute atomic E-state index is 13.7. The van der Waals surface area contributed by atoms with Gasteiger partial charge in [-0.05, 0) is 48.0 Å². The van der Waals surface area contributed by atoms with Crippen LogP contribution in [0.3, 0.4) is 0 Å². The molecule has 0 fully saturated rings. The largest absolute Gasteiger partial charge is 0.301 e. The van der Waals surface area contributed by atoms with E-state index in [4.69, 9.17) is 34.8 Å². The van der Waals surface area contributed by atoms with Crippen molar-refractivity contribution < 1.29 is 21.6 Å². The summed E-state index contributed by atoms with van der Waals surface area (Å²) in [4.78, 5) is 1.05. The third-order valence-corrected chi connectivity index (χ3v) is 8.65. The first-order chi connectivity index (χ1) is 17.0. The fourth-order valence-corrected chi connectivity index (χ4v) is 6.45. The SMILES string of the molecule is O=S(=O)(NCc1cc(-c2ccc(Cl)cc2)c(-c2ccc(Cl)cc2Cl)s1)c1cccc(C(F)(F)CF)c1. The summed E-state index contributed by atoms with van der Waals surface area (Å²) >= 11 is 19.9. The molecular weight excluding hydrogens is 574 g/mol. The lowest BCUT2D eigenvalue weighted by atomic mass is 10.0. The average Bonchev–Trinajstić information content (AvgIpc) is 3.27. The van der Waals surface area contributed by atoms with Gasteiger partial charge < -0.3 is 0 Å². The molecule has 3 nitrogen and oxygen atoms in total. The minimum atomic E-state index is -4.16. The number of sulfonamides is 1. The van der Waals surface area contributed by atoms with Crippen molar-refractivity contribution in [3.8, 4) is 21.6 Å². The van der Waals surface area contributed by atoms with Crippen molar-refractivity contribution in [3.63, 3.8) is 0 Å². The summed E-state index contributed by atoms with van der Waals surface area (Å²) in [6, 6.07) is 18.2. The molecule has 0 aliphatic carbocycles. The van der Waals surface area contributed by atoms with E-state index in [0.29, 0.717) is 25.5 Å². The predicted molar refractivity (Wildman–Crippen MR) is 141 cm³/mol. The molecule has 0 bridgehead atoms. The molecule has 0 atom stereocenters. The van der Waals surface area contributed by atoms with Gasteiger partial charge in [0.05, 0.1) is 9.92 Å². The summed E-state index contributed by atoms with van der Waals surface area (Å²) in [6.45, 7) is -2.04. The Labute approximate surface area is 225 Å². The molecule has 36 heavy (non-hydrogen) atoms. The molecule has 0 aliphatic rings. The minimum absolute atomic E-state index is 0.109. The fraction of sp³-hybridized carbons (Fsp3) is 0.120. The Kier molecular flexibility index (Phi) is 8.04. The normalized spacial score (nSPS) is 12.2. The van der Waals surface area contributed by atoms with Crippen LogP contribution in [0.5, 0.6) is 0 Å². The average molecular weight is 591 g/mol. The van der Waals surface area contributed by atoms with Crippen LogP contribution in [0, 0.1) is 0 Å². The van der Waals surface area contributed by atoms with Crippen LogP contribution in [0.15, 0.2) is 77.7 Å². The number of alkyl halides is 3. The zero-order valence-electron chi connectivity index (χ0n) is 18.2. The van der Waals surface area contributed by atoms with Gasteiger partial charge in [0, 0.05) is 43.0 Å². The van der Waals surface area contributed by atoms with E-state index in [-0.39, 0.29) is 11.4 Å². The second kappa shape index (κ2) is 10.7. The van der Waals surface area contributed by atoms with Crippen molar-refractivity contribution in [1.29, 1.82) is 0 Å². The number of hydrogen-bond acceptors (Lipinski definition) is 3. The van der Waals surface area contributed by atoms with E-state index < -0.39 is 28.2 Å². The number of thiophene rings is 1. The highest BCUT2D eigenvalue weighted by atomic mass is 35.5. The molecular formula is C25H17Cl3F3NO2S2. The van der Waals surface area contributed by atoms with E-state index in [1.54, 1.807) is 30.3 Å². The van der Waals surface area contributed by atoms with E-state index in [1.165, 1.54) is 17.4 Å². The van der Waals surface area contributed by atoms with Crippen LogP contribution in [0.2, 0.25) is 15.1 Å². The Morgan fingerprint density at radius 2 is 1.56 bits per heavy atom. The van der Waals surface area contributed by atoms with Gasteiger partial charge in [-0.2, -0.15) is 8.78 Å². The van der Waals surface area contributed by atoms with Crippen LogP contribution < -0.4 is 4.72 Å². The topological polar surface area (TPSA) is 46.2 Å². The van der Waals surface area contributed by atoms with Gasteiger partial charge in [-0.15, -0.1) is 11.3 Å². The molecule has 0 saturated carbocycles. The standard InChI is InChI=1S/C25H17Cl3F3NO2S2/c26-17-6-4-15(5-7-17)22-12-19(35-24(22)21-9-8-18(27)11-23(21)28)13-32-36(33,34)20-3-1-2-16(10-20)25(30,31)14-29/h1-12,32H,13-14H2. The quantitative estimate of drug-likeness (QED) is 0.223. The van der Waals surface area contributed by atoms with Crippen LogP contribution in [0.1, 0.15) is 10.4 Å². The molecule has 188 valence electrons. The van der Waals surface area contributed by atoms with Gasteiger partial charge in [0.2, 0.25) is 10.0 Å². The maximum atomic E-state index is 13.7. The lowest BCUT2D eigenvalue weighted by Crippen LogP contribution is -2.24. The summed E-state index contributed by atoms with van der Waals surface area (Å²) in [5, 5.41) is 1.47. The monoisotopic (exact) mass is 589 g/mol. The molecule has 0 amide bonds. The molecule has 4 rings (SSSR count). The second-order valence-corrected chi connectivity index (χ2v) is 12.0. The third kappa shape index (κ3) is 5.90. The van der Waals surface area contributed by atoms with Crippen molar-refractivity contribution in [2.24, 2.45) is 0 Å². The first-order valence-corrected chi connectivity index (χ1v) is 13.8. The van der Waals surface area contributed by atoms with E-state index >= 15 is 0 Å². The molecule has 3 aromatic carbocycles. The van der Waals surface area contributed by atoms with E-state index in [9.17, 15) is 21.6 Å². The summed E-state index contributed by atoms with van der Waals surface area (Å²) in [5.41, 5.74) is 1.64. The lowest BCUT2D eigenvalue weighted by molar-refractivity contribution is -0.0282. The molecule has 1 N–H and O–H groups in total. The van der Waals surface area contributed by atoms with E-state index in [0.717, 1.165) is 34.2 Å². The van der Waals surface area contributed by atoms with Crippen molar-refractivity contribution in [1.82, 2.24) is 4.72 Å². The first-order valence-electron chi connectivity index (χ1n) is 10.4. The third-order valence-electron chi connectivity index (χ3n) is 5.29. The molecule has 0 unspecified atom stereocenters. The van der Waals surface area contributed by atoms with Gasteiger partial charge in [0.15, 0.2) is 6.67 Å². The second-order valence-electron chi connectivity index (χ2n) is 7.78. The number of rotatable bonds is 8. The summed E-state index contributed by atoms with van der Waals surface area (Å²) in [5.74, 6) is -3.78. The summed E-state index contributed by atoms with van der Waals surface area (Å²) < 4.78 is 68.3. The molecule has 0 saturated heterocycles. The van der Waals surface area contributed by atoms with Gasteiger partial charge in [-0.25, -0.2) is 17.5 Å². The highest BCUT2D eigenvalue weighted by Crippen LogP contribution is 2.43. The molecule has 0 radical (unpaired) electrons. The van der Waals surface area contributed by atoms with Crippen LogP contribution in [0.25, 0.3) is 21.6 Å². The molecule has 1 heterocycles. The first kappa shape index (κ1) is 27.0. The van der Waals surface area contributed by atoms with Crippen molar-refractivity contribution >= 4 is 56.2 Å². The van der Waals surface area contributed by atoms with Gasteiger partial charge in [0.25, 0.3) is 0 Å². The van der Waals surface area contributed by atoms with Gasteiger partial charge in [-0.3, -0.25) is 0 Å². The zero-order chi connectivity index (χ0) is 26.1. The highest BCUT2D eigenvalue weighted by Gasteiger charge is 2.32. The lowest BCUT2D eigenvalue weighted by Gasteiger charge is -2.14. The van der Waals surface area contributed by atoms with Crippen LogP contribution in [-0.4, -0.2) is 15.1 Å². The minimum Gasteiger partial charge on any atom is -0.244 e. The fourth-order valence-electron chi connectivity index (χ4n) is 3.46. The Balaban J connectivity index is 1.68. The van der Waals surface area contributed by atoms with Crippen molar-refractivity contribution in [2.75, 3.05) is 6.67 Å². The Bertz CT molecular complexity index is 1510. The molecule has 0 aliphatic heterocycles. The molecule has 0 spiro atoms. The zero-order valence-corrected chi connectivity index (χ0v) is 22.1. The molecule has 1 aromatic heterocycles. The van der Waals surface area contributed by atoms with Crippen molar-refractivity contribution in [3.05, 3.63) is 98.3 Å². The predicted octanol–water partition coefficient (Wildman–Crippen LogP) is 8.58. The summed E-state index contributed by atoms with van der Waals surface area (Å²) in [6.07, 6.45) is 0. The molecule has 4 aromatic rings. The van der Waals surface area contributed by atoms with Gasteiger partial charge in [-0.1, -0.05) is 65.1 Å². The van der Waals surface area contributed by atoms with Gasteiger partial charge >= 0.3 is 5.92 Å². The molecule has 11 heteroatoms. The van der Waals surface area contributed by atoms with Crippen LogP contribution >= 0.6 is 46.1 Å². The number of benzene rings is 3. The maximum Gasteiger partial charge on any atom is 0.301 e. The van der Waals surface area contributed by atoms with Crippen molar-refractivity contribution in [2.45, 2.75) is 17.4 Å². The van der Waals surface area contributed by atoms with Gasteiger partial charge in [0.1, 0.15) is 0 Å². The Hall–Kier alpha value is -2.07.